The van der Waals surface area contributed by atoms with E-state index < -0.39 is 18.0 Å². The minimum absolute atomic E-state index is 0.140. The maximum absolute atomic E-state index is 12.5. The molecule has 1 saturated heterocycles. The van der Waals surface area contributed by atoms with Gasteiger partial charge >= 0.3 is 6.09 Å². The van der Waals surface area contributed by atoms with Crippen molar-refractivity contribution in [3.63, 3.8) is 0 Å². The molecule has 2 aromatic carbocycles. The number of hydrogen-bond acceptors (Lipinski definition) is 5. The average molecular weight is 367 g/mol. The Morgan fingerprint density at radius 3 is 2.48 bits per heavy atom. The van der Waals surface area contributed by atoms with Gasteiger partial charge in [0, 0.05) is 6.42 Å². The Bertz CT molecular complexity index is 877. The summed E-state index contributed by atoms with van der Waals surface area (Å²) in [5, 5.41) is 3.81. The number of oxime groups is 1. The number of ether oxygens (including phenoxy) is 1. The van der Waals surface area contributed by atoms with Crippen LogP contribution in [0.2, 0.25) is 0 Å². The molecular formula is C20H21N3O4. The molecule has 0 saturated carbocycles. The molecule has 0 aromatic heterocycles. The minimum atomic E-state index is -0.794. The van der Waals surface area contributed by atoms with Crippen LogP contribution in [0, 0.1) is 6.92 Å². The third kappa shape index (κ3) is 4.08. The first-order valence-electron chi connectivity index (χ1n) is 8.52. The van der Waals surface area contributed by atoms with E-state index in [1.807, 2.05) is 43.3 Å². The van der Waals surface area contributed by atoms with Gasteiger partial charge in [-0.3, -0.25) is 9.69 Å². The Morgan fingerprint density at radius 2 is 1.85 bits per heavy atom. The second-order valence-electron chi connectivity index (χ2n) is 6.30. The van der Waals surface area contributed by atoms with Gasteiger partial charge in [0.05, 0.1) is 12.3 Å². The normalized spacial score (nSPS) is 17.8. The maximum atomic E-state index is 12.5. The van der Waals surface area contributed by atoms with Gasteiger partial charge in [-0.15, -0.1) is 0 Å². The zero-order chi connectivity index (χ0) is 19.4. The fourth-order valence-electron chi connectivity index (χ4n) is 3.10. The SMILES string of the molecule is CON=C1CC(C(N)=O)N(C(=O)Oc2ccc(-c3ccccc3C)cc2)C1. The smallest absolute Gasteiger partial charge is 0.410 e. The number of hydrogen-bond donors (Lipinski definition) is 1. The zero-order valence-corrected chi connectivity index (χ0v) is 15.2. The summed E-state index contributed by atoms with van der Waals surface area (Å²) in [7, 11) is 1.41. The zero-order valence-electron chi connectivity index (χ0n) is 15.2. The van der Waals surface area contributed by atoms with Gasteiger partial charge in [-0.1, -0.05) is 41.6 Å². The third-order valence-electron chi connectivity index (χ3n) is 4.46. The van der Waals surface area contributed by atoms with Gasteiger partial charge in [0.15, 0.2) is 0 Å². The molecule has 0 spiro atoms. The predicted octanol–water partition coefficient (Wildman–Crippen LogP) is 2.72. The molecule has 7 nitrogen and oxygen atoms in total. The third-order valence-corrected chi connectivity index (χ3v) is 4.46. The van der Waals surface area contributed by atoms with Crippen LogP contribution in [-0.4, -0.2) is 42.3 Å². The van der Waals surface area contributed by atoms with Crippen LogP contribution in [0.25, 0.3) is 11.1 Å². The van der Waals surface area contributed by atoms with E-state index >= 15 is 0 Å². The van der Waals surface area contributed by atoms with Gasteiger partial charge in [0.1, 0.15) is 18.9 Å². The molecule has 1 heterocycles. The van der Waals surface area contributed by atoms with Crippen LogP contribution in [0.3, 0.4) is 0 Å². The van der Waals surface area contributed by atoms with E-state index in [1.165, 1.54) is 12.0 Å². The molecular weight excluding hydrogens is 346 g/mol. The van der Waals surface area contributed by atoms with Crippen molar-refractivity contribution in [3.8, 4) is 16.9 Å². The summed E-state index contributed by atoms with van der Waals surface area (Å²) < 4.78 is 5.41. The van der Waals surface area contributed by atoms with Crippen molar-refractivity contribution in [3.05, 3.63) is 54.1 Å². The summed E-state index contributed by atoms with van der Waals surface area (Å²) in [6.45, 7) is 2.18. The molecule has 0 bridgehead atoms. The molecule has 2 aromatic rings. The first-order valence-corrected chi connectivity index (χ1v) is 8.52. The first-order chi connectivity index (χ1) is 13.0. The number of rotatable bonds is 4. The molecule has 1 fully saturated rings. The highest BCUT2D eigenvalue weighted by Gasteiger charge is 2.38. The number of primary amides is 1. The van der Waals surface area contributed by atoms with Crippen molar-refractivity contribution in [2.24, 2.45) is 10.9 Å². The van der Waals surface area contributed by atoms with Gasteiger partial charge < -0.3 is 15.3 Å². The summed E-state index contributed by atoms with van der Waals surface area (Å²) in [5.41, 5.74) is 9.26. The molecule has 2 N–H and O–H groups in total. The molecule has 1 aliphatic rings. The Morgan fingerprint density at radius 1 is 1.15 bits per heavy atom. The van der Waals surface area contributed by atoms with Crippen molar-refractivity contribution >= 4 is 17.7 Å². The summed E-state index contributed by atoms with van der Waals surface area (Å²) in [4.78, 5) is 30.1. The van der Waals surface area contributed by atoms with E-state index in [2.05, 4.69) is 5.16 Å². The molecule has 140 valence electrons. The summed E-state index contributed by atoms with van der Waals surface area (Å²) >= 11 is 0. The fourth-order valence-corrected chi connectivity index (χ4v) is 3.10. The van der Waals surface area contributed by atoms with Gasteiger partial charge in [0.2, 0.25) is 5.91 Å². The topological polar surface area (TPSA) is 94.2 Å². The van der Waals surface area contributed by atoms with E-state index in [9.17, 15) is 9.59 Å². The highest BCUT2D eigenvalue weighted by molar-refractivity contribution is 5.99. The maximum Gasteiger partial charge on any atom is 0.416 e. The molecule has 7 heteroatoms. The van der Waals surface area contributed by atoms with Crippen LogP contribution in [0.15, 0.2) is 53.7 Å². The van der Waals surface area contributed by atoms with Gasteiger partial charge in [0.25, 0.3) is 0 Å². The number of nitrogens with two attached hydrogens (primary N) is 1. The second kappa shape index (κ2) is 7.90. The Labute approximate surface area is 157 Å². The van der Waals surface area contributed by atoms with Gasteiger partial charge in [-0.25, -0.2) is 4.79 Å². The molecule has 27 heavy (non-hydrogen) atoms. The van der Waals surface area contributed by atoms with Crippen LogP contribution in [-0.2, 0) is 9.63 Å². The van der Waals surface area contributed by atoms with E-state index in [0.717, 1.165) is 16.7 Å². The van der Waals surface area contributed by atoms with Crippen molar-refractivity contribution in [1.82, 2.24) is 4.90 Å². The van der Waals surface area contributed by atoms with Crippen LogP contribution in [0.1, 0.15) is 12.0 Å². The number of aryl methyl sites for hydroxylation is 1. The first kappa shape index (κ1) is 18.4. The van der Waals surface area contributed by atoms with Crippen LogP contribution < -0.4 is 10.5 Å². The lowest BCUT2D eigenvalue weighted by molar-refractivity contribution is -0.121. The van der Waals surface area contributed by atoms with Crippen molar-refractivity contribution in [2.75, 3.05) is 13.7 Å². The van der Waals surface area contributed by atoms with Crippen LogP contribution >= 0.6 is 0 Å². The van der Waals surface area contributed by atoms with E-state index in [1.54, 1.807) is 12.1 Å². The highest BCUT2D eigenvalue weighted by atomic mass is 16.6. The Kier molecular flexibility index (Phi) is 5.40. The summed E-state index contributed by atoms with van der Waals surface area (Å²) in [6, 6.07) is 14.5. The molecule has 1 atom stereocenters. The second-order valence-corrected chi connectivity index (χ2v) is 6.30. The number of likely N-dealkylation sites (tertiary alicyclic amines) is 1. The number of amides is 2. The summed E-state index contributed by atoms with van der Waals surface area (Å²) in [5.74, 6) is -0.221. The Balaban J connectivity index is 1.73. The molecule has 3 rings (SSSR count). The van der Waals surface area contributed by atoms with E-state index in [4.69, 9.17) is 15.3 Å². The number of carbonyl (C=O) groups excluding carboxylic acids is 2. The quantitative estimate of drug-likeness (QED) is 0.841. The Hall–Kier alpha value is -3.35. The lowest BCUT2D eigenvalue weighted by atomic mass is 10.0. The van der Waals surface area contributed by atoms with Crippen LogP contribution in [0.5, 0.6) is 5.75 Å². The fraction of sp³-hybridized carbons (Fsp3) is 0.250. The van der Waals surface area contributed by atoms with E-state index in [0.29, 0.717) is 11.5 Å². The van der Waals surface area contributed by atoms with Gasteiger partial charge in [-0.05, 0) is 35.7 Å². The molecule has 1 aliphatic heterocycles. The van der Waals surface area contributed by atoms with Crippen molar-refractivity contribution in [2.45, 2.75) is 19.4 Å². The number of carbonyl (C=O) groups is 2. The number of benzene rings is 2. The van der Waals surface area contributed by atoms with Gasteiger partial charge in [-0.2, -0.15) is 0 Å². The molecule has 0 radical (unpaired) electrons. The molecule has 0 aliphatic carbocycles. The van der Waals surface area contributed by atoms with Crippen molar-refractivity contribution < 1.29 is 19.2 Å². The van der Waals surface area contributed by atoms with Crippen molar-refractivity contribution in [1.29, 1.82) is 0 Å². The minimum Gasteiger partial charge on any atom is -0.410 e. The van der Waals surface area contributed by atoms with Crippen LogP contribution in [0.4, 0.5) is 4.79 Å². The monoisotopic (exact) mass is 367 g/mol. The lowest BCUT2D eigenvalue weighted by Gasteiger charge is -2.20. The molecule has 2 amide bonds. The highest BCUT2D eigenvalue weighted by Crippen LogP contribution is 2.26. The average Bonchev–Trinajstić information content (AvgIpc) is 3.08. The number of nitrogens with zero attached hydrogens (tertiary/aromatic N) is 2. The standard InChI is InChI=1S/C20H21N3O4/c1-13-5-3-4-6-17(13)14-7-9-16(10-8-14)27-20(25)23-12-15(22-26-2)11-18(23)19(21)24/h3-10,18H,11-12H2,1-2H3,(H2,21,24). The lowest BCUT2D eigenvalue weighted by Crippen LogP contribution is -2.44. The summed E-state index contributed by atoms with van der Waals surface area (Å²) in [6.07, 6.45) is -0.409. The predicted molar refractivity (Wildman–Crippen MR) is 101 cm³/mol. The molecule has 1 unspecified atom stereocenters. The largest absolute Gasteiger partial charge is 0.416 e. The van der Waals surface area contributed by atoms with E-state index in [-0.39, 0.29) is 13.0 Å².